The fourth-order valence-corrected chi connectivity index (χ4v) is 1.05. The number of hydrogen-bond donors (Lipinski definition) is 0. The van der Waals surface area contributed by atoms with Crippen molar-refractivity contribution in [1.82, 2.24) is 0 Å². The first-order chi connectivity index (χ1) is 5.65. The van der Waals surface area contributed by atoms with Gasteiger partial charge >= 0.3 is 0 Å². The topological polar surface area (TPSA) is 9.23 Å². The highest BCUT2D eigenvalue weighted by Gasteiger charge is 2.08. The zero-order valence-electron chi connectivity index (χ0n) is 5.78. The average molecular weight is 213 g/mol. The van der Waals surface area contributed by atoms with Crippen LogP contribution in [0.15, 0.2) is 12.1 Å². The predicted octanol–water partition coefficient (Wildman–Crippen LogP) is 3.44. The van der Waals surface area contributed by atoms with Crippen molar-refractivity contribution in [3.8, 4) is 5.75 Å². The molecule has 0 bridgehead atoms. The molecule has 1 nitrogen and oxygen atoms in total. The van der Waals surface area contributed by atoms with Gasteiger partial charge in [-0.3, -0.25) is 0 Å². The fraction of sp³-hybridized carbons (Fsp3) is 0.143. The van der Waals surface area contributed by atoms with Crippen LogP contribution in [0.5, 0.6) is 5.75 Å². The summed E-state index contributed by atoms with van der Waals surface area (Å²) in [5, 5.41) is -0.155. The van der Waals surface area contributed by atoms with Crippen LogP contribution < -0.4 is 4.74 Å². The van der Waals surface area contributed by atoms with Gasteiger partial charge in [0.2, 0.25) is 6.86 Å². The molecule has 5 heteroatoms. The molecule has 0 aliphatic rings. The Bertz CT molecular complexity index is 291. The summed E-state index contributed by atoms with van der Waals surface area (Å²) in [6.45, 7) is -1.07. The van der Waals surface area contributed by atoms with E-state index in [-0.39, 0.29) is 15.8 Å². The van der Waals surface area contributed by atoms with Crippen LogP contribution in [0, 0.1) is 5.82 Å². The van der Waals surface area contributed by atoms with E-state index < -0.39 is 12.7 Å². The molecule has 1 aromatic rings. The number of benzene rings is 1. The van der Waals surface area contributed by atoms with E-state index in [0.29, 0.717) is 0 Å². The van der Waals surface area contributed by atoms with Gasteiger partial charge in [-0.25, -0.2) is 8.78 Å². The van der Waals surface area contributed by atoms with Gasteiger partial charge in [0.15, 0.2) is 0 Å². The van der Waals surface area contributed by atoms with Gasteiger partial charge in [-0.2, -0.15) is 0 Å². The first-order valence-corrected chi connectivity index (χ1v) is 3.74. The summed E-state index contributed by atoms with van der Waals surface area (Å²) in [6.07, 6.45) is 0. The molecule has 1 aromatic carbocycles. The summed E-state index contributed by atoms with van der Waals surface area (Å²) in [4.78, 5) is 0. The number of halogens is 4. The predicted molar refractivity (Wildman–Crippen MR) is 43.0 cm³/mol. The van der Waals surface area contributed by atoms with Gasteiger partial charge in [0, 0.05) is 11.1 Å². The quantitative estimate of drug-likeness (QED) is 0.683. The zero-order chi connectivity index (χ0) is 9.14. The number of alkyl halides is 1. The molecule has 12 heavy (non-hydrogen) atoms. The number of rotatable bonds is 2. The van der Waals surface area contributed by atoms with Crippen molar-refractivity contribution < 1.29 is 13.5 Å². The van der Waals surface area contributed by atoms with Gasteiger partial charge in [-0.15, -0.1) is 0 Å². The van der Waals surface area contributed by atoms with E-state index in [9.17, 15) is 8.78 Å². The Labute approximate surface area is 77.8 Å². The SMILES string of the molecule is FCOc1cc(Cl)cc(F)c1Cl. The summed E-state index contributed by atoms with van der Waals surface area (Å²) < 4.78 is 28.8. The van der Waals surface area contributed by atoms with Gasteiger partial charge in [-0.1, -0.05) is 23.2 Å². The highest BCUT2D eigenvalue weighted by Crippen LogP contribution is 2.30. The molecule has 0 saturated carbocycles. The maximum absolute atomic E-state index is 12.7. The molecule has 66 valence electrons. The number of ether oxygens (including phenoxy) is 1. The van der Waals surface area contributed by atoms with E-state index in [1.807, 2.05) is 0 Å². The van der Waals surface area contributed by atoms with Gasteiger partial charge in [0.05, 0.1) is 0 Å². The maximum atomic E-state index is 12.7. The Hall–Kier alpha value is -0.540. The zero-order valence-corrected chi connectivity index (χ0v) is 7.29. The second kappa shape index (κ2) is 3.92. The van der Waals surface area contributed by atoms with E-state index in [4.69, 9.17) is 23.2 Å². The molecule has 0 fully saturated rings. The third kappa shape index (κ3) is 1.99. The molecule has 1 rings (SSSR count). The van der Waals surface area contributed by atoms with Crippen LogP contribution in [0.2, 0.25) is 10.0 Å². The minimum atomic E-state index is -1.07. The third-order valence-corrected chi connectivity index (χ3v) is 1.75. The van der Waals surface area contributed by atoms with Crippen LogP contribution in [0.4, 0.5) is 8.78 Å². The second-order valence-corrected chi connectivity index (χ2v) is 2.77. The minimum Gasteiger partial charge on any atom is -0.461 e. The lowest BCUT2D eigenvalue weighted by molar-refractivity contribution is 0.191. The third-order valence-electron chi connectivity index (χ3n) is 1.17. The Balaban J connectivity index is 3.09. The lowest BCUT2D eigenvalue weighted by Gasteiger charge is -2.04. The Morgan fingerprint density at radius 2 is 2.00 bits per heavy atom. The van der Waals surface area contributed by atoms with Gasteiger partial charge < -0.3 is 4.74 Å². The molecule has 0 unspecified atom stereocenters. The van der Waals surface area contributed by atoms with E-state index in [1.54, 1.807) is 0 Å². The molecule has 0 N–H and O–H groups in total. The van der Waals surface area contributed by atoms with Gasteiger partial charge in [-0.05, 0) is 6.07 Å². The van der Waals surface area contributed by atoms with Crippen LogP contribution in [-0.2, 0) is 0 Å². The first-order valence-electron chi connectivity index (χ1n) is 2.98. The van der Waals surface area contributed by atoms with E-state index in [1.165, 1.54) is 6.07 Å². The van der Waals surface area contributed by atoms with Crippen molar-refractivity contribution >= 4 is 23.2 Å². The monoisotopic (exact) mass is 212 g/mol. The summed E-state index contributed by atoms with van der Waals surface area (Å²) in [5.74, 6) is -0.822. The van der Waals surface area contributed by atoms with E-state index >= 15 is 0 Å². The summed E-state index contributed by atoms with van der Waals surface area (Å²) in [5.41, 5.74) is 0. The summed E-state index contributed by atoms with van der Waals surface area (Å²) in [6, 6.07) is 2.27. The van der Waals surface area contributed by atoms with E-state index in [0.717, 1.165) is 6.07 Å². The molecule has 0 spiro atoms. The summed E-state index contributed by atoms with van der Waals surface area (Å²) in [7, 11) is 0. The van der Waals surface area contributed by atoms with Crippen molar-refractivity contribution in [2.75, 3.05) is 6.86 Å². The molecule has 0 amide bonds. The smallest absolute Gasteiger partial charge is 0.228 e. The van der Waals surface area contributed by atoms with Crippen LogP contribution in [0.25, 0.3) is 0 Å². The molecular weight excluding hydrogens is 209 g/mol. The van der Waals surface area contributed by atoms with Crippen molar-refractivity contribution in [2.24, 2.45) is 0 Å². The molecule has 0 heterocycles. The Kier molecular flexibility index (Phi) is 3.12. The lowest BCUT2D eigenvalue weighted by atomic mass is 10.3. The molecule has 0 saturated heterocycles. The fourth-order valence-electron chi connectivity index (χ4n) is 0.696. The average Bonchev–Trinajstić information content (AvgIpc) is 2.00. The maximum Gasteiger partial charge on any atom is 0.228 e. The first kappa shape index (κ1) is 9.55. The standard InChI is InChI=1S/C7H4Cl2F2O/c8-4-1-5(11)7(9)6(2-4)12-3-10/h1-2H,3H2. The molecular formula is C7H4Cl2F2O. The van der Waals surface area contributed by atoms with Crippen LogP contribution in [0.1, 0.15) is 0 Å². The molecule has 0 aliphatic carbocycles. The van der Waals surface area contributed by atoms with Crippen LogP contribution in [0.3, 0.4) is 0 Å². The second-order valence-electron chi connectivity index (χ2n) is 1.95. The molecule has 0 aliphatic heterocycles. The number of hydrogen-bond acceptors (Lipinski definition) is 1. The minimum absolute atomic E-state index is 0.0934. The Morgan fingerprint density at radius 1 is 1.33 bits per heavy atom. The van der Waals surface area contributed by atoms with E-state index in [2.05, 4.69) is 4.74 Å². The molecule has 0 aromatic heterocycles. The van der Waals surface area contributed by atoms with Crippen LogP contribution >= 0.6 is 23.2 Å². The van der Waals surface area contributed by atoms with Crippen molar-refractivity contribution in [2.45, 2.75) is 0 Å². The highest BCUT2D eigenvalue weighted by molar-refractivity contribution is 6.34. The largest absolute Gasteiger partial charge is 0.461 e. The summed E-state index contributed by atoms with van der Waals surface area (Å²) >= 11 is 10.9. The highest BCUT2D eigenvalue weighted by atomic mass is 35.5. The normalized spacial score (nSPS) is 10.0. The van der Waals surface area contributed by atoms with Crippen molar-refractivity contribution in [1.29, 1.82) is 0 Å². The molecule has 0 atom stereocenters. The lowest BCUT2D eigenvalue weighted by Crippen LogP contribution is -1.92. The molecule has 0 radical (unpaired) electrons. The Morgan fingerprint density at radius 3 is 2.58 bits per heavy atom. The van der Waals surface area contributed by atoms with Crippen molar-refractivity contribution in [3.63, 3.8) is 0 Å². The van der Waals surface area contributed by atoms with Crippen LogP contribution in [-0.4, -0.2) is 6.86 Å². The van der Waals surface area contributed by atoms with Gasteiger partial charge in [0.25, 0.3) is 0 Å². The van der Waals surface area contributed by atoms with Gasteiger partial charge in [0.1, 0.15) is 16.6 Å². The van der Waals surface area contributed by atoms with Crippen molar-refractivity contribution in [3.05, 3.63) is 28.0 Å².